The van der Waals surface area contributed by atoms with Crippen LogP contribution in [0.2, 0.25) is 0 Å². The van der Waals surface area contributed by atoms with E-state index in [0.717, 1.165) is 40.9 Å². The van der Waals surface area contributed by atoms with Crippen molar-refractivity contribution >= 4 is 28.6 Å². The molecule has 1 atom stereocenters. The Morgan fingerprint density at radius 2 is 1.69 bits per heavy atom. The van der Waals surface area contributed by atoms with Gasteiger partial charge in [-0.25, -0.2) is 4.39 Å². The van der Waals surface area contributed by atoms with Crippen molar-refractivity contribution in [2.75, 3.05) is 4.90 Å². The second-order valence-corrected chi connectivity index (χ2v) is 9.15. The fourth-order valence-corrected chi connectivity index (χ4v) is 4.85. The van der Waals surface area contributed by atoms with E-state index in [4.69, 9.17) is 21.7 Å². The molecule has 1 N–H and O–H groups in total. The molecule has 0 saturated carbocycles. The summed E-state index contributed by atoms with van der Waals surface area (Å²) in [4.78, 5) is 6.76. The third-order valence-electron chi connectivity index (χ3n) is 6.54. The van der Waals surface area contributed by atoms with Crippen molar-refractivity contribution < 1.29 is 8.91 Å². The Balaban J connectivity index is 1.63. The minimum atomic E-state index is -0.375. The smallest absolute Gasteiger partial charge is 0.258 e. The lowest BCUT2D eigenvalue weighted by Crippen LogP contribution is -2.46. The number of hydrogen-bond donors (Lipinski definition) is 1. The van der Waals surface area contributed by atoms with Crippen LogP contribution < -0.4 is 10.2 Å². The van der Waals surface area contributed by atoms with Gasteiger partial charge in [-0.05, 0) is 72.9 Å². The van der Waals surface area contributed by atoms with E-state index in [2.05, 4.69) is 48.6 Å². The van der Waals surface area contributed by atoms with Crippen LogP contribution in [0.15, 0.2) is 83.0 Å². The number of aromatic nitrogens is 2. The normalized spacial score (nSPS) is 15.8. The fourth-order valence-electron chi connectivity index (χ4n) is 4.49. The average molecular weight is 499 g/mol. The van der Waals surface area contributed by atoms with Gasteiger partial charge in [-0.2, -0.15) is 4.98 Å². The standard InChI is InChI=1S/C29H27FN4OS/c1-4-19-9-11-22(12-10-19)27-32-28(35-33-27)25-18(3)34(24-8-6-7-20(5-2)17-24)29(36)31-26(25)21-13-15-23(30)16-14-21/h6-17,26H,4-5H2,1-3H3,(H,31,36). The number of thiocarbonyl (C=S) groups is 1. The minimum Gasteiger partial charge on any atom is -0.351 e. The second-order valence-electron chi connectivity index (χ2n) is 8.77. The van der Waals surface area contributed by atoms with Crippen molar-refractivity contribution in [2.45, 2.75) is 39.7 Å². The van der Waals surface area contributed by atoms with Crippen molar-refractivity contribution in [1.82, 2.24) is 15.5 Å². The van der Waals surface area contributed by atoms with Gasteiger partial charge in [-0.3, -0.25) is 4.90 Å². The van der Waals surface area contributed by atoms with Crippen LogP contribution in [0.4, 0.5) is 10.1 Å². The first kappa shape index (κ1) is 23.9. The van der Waals surface area contributed by atoms with Gasteiger partial charge in [0.1, 0.15) is 5.82 Å². The van der Waals surface area contributed by atoms with Crippen LogP contribution in [0.1, 0.15) is 49.4 Å². The maximum Gasteiger partial charge on any atom is 0.258 e. The minimum absolute atomic E-state index is 0.298. The molecular weight excluding hydrogens is 471 g/mol. The summed E-state index contributed by atoms with van der Waals surface area (Å²) < 4.78 is 19.5. The molecule has 0 aliphatic carbocycles. The largest absolute Gasteiger partial charge is 0.351 e. The average Bonchev–Trinajstić information content (AvgIpc) is 3.39. The summed E-state index contributed by atoms with van der Waals surface area (Å²) in [5.74, 6) is 0.606. The van der Waals surface area contributed by atoms with Crippen LogP contribution in [-0.2, 0) is 12.8 Å². The Bertz CT molecular complexity index is 1430. The number of allylic oxidation sites excluding steroid dienone is 1. The quantitative estimate of drug-likeness (QED) is 0.293. The Morgan fingerprint density at radius 3 is 2.39 bits per heavy atom. The van der Waals surface area contributed by atoms with Gasteiger partial charge >= 0.3 is 0 Å². The summed E-state index contributed by atoms with van der Waals surface area (Å²) in [6.45, 7) is 6.24. The molecule has 0 bridgehead atoms. The van der Waals surface area contributed by atoms with Gasteiger partial charge in [0.05, 0.1) is 11.6 Å². The molecule has 1 aliphatic rings. The highest BCUT2D eigenvalue weighted by molar-refractivity contribution is 7.80. The summed E-state index contributed by atoms with van der Waals surface area (Å²) in [5.41, 5.74) is 6.80. The number of halogens is 1. The molecule has 1 aliphatic heterocycles. The van der Waals surface area contributed by atoms with Gasteiger partial charge < -0.3 is 9.84 Å². The molecule has 0 saturated heterocycles. The summed E-state index contributed by atoms with van der Waals surface area (Å²) >= 11 is 5.82. The molecule has 0 spiro atoms. The number of nitrogens with one attached hydrogen (secondary N) is 1. The van der Waals surface area contributed by atoms with E-state index < -0.39 is 0 Å². The van der Waals surface area contributed by atoms with Crippen LogP contribution >= 0.6 is 12.2 Å². The van der Waals surface area contributed by atoms with Gasteiger partial charge in [-0.1, -0.05) is 67.5 Å². The summed E-state index contributed by atoms with van der Waals surface area (Å²) in [6.07, 6.45) is 1.88. The number of aryl methyl sites for hydroxylation is 2. The highest BCUT2D eigenvalue weighted by atomic mass is 32.1. The molecule has 5 rings (SSSR count). The Morgan fingerprint density at radius 1 is 0.972 bits per heavy atom. The van der Waals surface area contributed by atoms with E-state index in [0.29, 0.717) is 16.8 Å². The lowest BCUT2D eigenvalue weighted by molar-refractivity contribution is 0.404. The third kappa shape index (κ3) is 4.54. The number of hydrogen-bond acceptors (Lipinski definition) is 4. The van der Waals surface area contributed by atoms with E-state index in [1.165, 1.54) is 23.3 Å². The molecule has 1 unspecified atom stereocenters. The first-order valence-corrected chi connectivity index (χ1v) is 12.5. The van der Waals surface area contributed by atoms with Crippen molar-refractivity contribution in [3.63, 3.8) is 0 Å². The third-order valence-corrected chi connectivity index (χ3v) is 6.84. The van der Waals surface area contributed by atoms with Gasteiger partial charge in [0.2, 0.25) is 5.82 Å². The number of anilines is 1. The van der Waals surface area contributed by atoms with Crippen LogP contribution in [-0.4, -0.2) is 15.3 Å². The molecule has 0 fully saturated rings. The zero-order valence-electron chi connectivity index (χ0n) is 20.5. The highest BCUT2D eigenvalue weighted by Crippen LogP contribution is 2.39. The molecule has 4 aromatic rings. The molecule has 0 amide bonds. The first-order valence-electron chi connectivity index (χ1n) is 12.1. The lowest BCUT2D eigenvalue weighted by atomic mass is 9.94. The zero-order valence-corrected chi connectivity index (χ0v) is 21.3. The molecule has 1 aromatic heterocycles. The topological polar surface area (TPSA) is 54.2 Å². The van der Waals surface area contributed by atoms with E-state index in [1.807, 2.05) is 36.1 Å². The zero-order chi connectivity index (χ0) is 25.2. The first-order chi connectivity index (χ1) is 17.5. The molecular formula is C29H27FN4OS. The van der Waals surface area contributed by atoms with Crippen molar-refractivity contribution in [3.8, 4) is 11.4 Å². The second kappa shape index (κ2) is 10.0. The maximum atomic E-state index is 13.7. The predicted molar refractivity (Wildman–Crippen MR) is 145 cm³/mol. The monoisotopic (exact) mass is 498 g/mol. The lowest BCUT2D eigenvalue weighted by Gasteiger charge is -2.37. The summed E-state index contributed by atoms with van der Waals surface area (Å²) in [7, 11) is 0. The van der Waals surface area contributed by atoms with Gasteiger partial charge in [0, 0.05) is 16.9 Å². The van der Waals surface area contributed by atoms with Crippen LogP contribution in [0.5, 0.6) is 0 Å². The molecule has 7 heteroatoms. The van der Waals surface area contributed by atoms with E-state index in [1.54, 1.807) is 12.1 Å². The summed E-state index contributed by atoms with van der Waals surface area (Å²) in [5, 5.41) is 8.26. The van der Waals surface area contributed by atoms with E-state index >= 15 is 0 Å². The van der Waals surface area contributed by atoms with Crippen LogP contribution in [0.25, 0.3) is 17.0 Å². The maximum absolute atomic E-state index is 13.7. The molecule has 2 heterocycles. The SMILES string of the molecule is CCc1ccc(-c2noc(C3=C(C)N(c4cccc(CC)c4)C(=S)NC3c3ccc(F)cc3)n2)cc1. The van der Waals surface area contributed by atoms with Crippen molar-refractivity contribution in [1.29, 1.82) is 0 Å². The molecule has 5 nitrogen and oxygen atoms in total. The molecule has 36 heavy (non-hydrogen) atoms. The van der Waals surface area contributed by atoms with Crippen molar-refractivity contribution in [3.05, 3.63) is 107 Å². The highest BCUT2D eigenvalue weighted by Gasteiger charge is 2.34. The van der Waals surface area contributed by atoms with Crippen molar-refractivity contribution in [2.24, 2.45) is 0 Å². The van der Waals surface area contributed by atoms with E-state index in [-0.39, 0.29) is 11.9 Å². The molecule has 182 valence electrons. The van der Waals surface area contributed by atoms with Gasteiger partial charge in [-0.15, -0.1) is 0 Å². The van der Waals surface area contributed by atoms with E-state index in [9.17, 15) is 4.39 Å². The van der Waals surface area contributed by atoms with Crippen LogP contribution in [0.3, 0.4) is 0 Å². The Hall–Kier alpha value is -3.84. The predicted octanol–water partition coefficient (Wildman–Crippen LogP) is 6.87. The Kier molecular flexibility index (Phi) is 6.65. The van der Waals surface area contributed by atoms with Gasteiger partial charge in [0.15, 0.2) is 5.11 Å². The number of nitrogens with zero attached hydrogens (tertiary/aromatic N) is 3. The molecule has 3 aromatic carbocycles. The van der Waals surface area contributed by atoms with Gasteiger partial charge in [0.25, 0.3) is 5.89 Å². The fraction of sp³-hybridized carbons (Fsp3) is 0.207. The number of benzene rings is 3. The summed E-state index contributed by atoms with van der Waals surface area (Å²) in [6, 6.07) is 22.4. The number of rotatable bonds is 6. The Labute approximate surface area is 215 Å². The van der Waals surface area contributed by atoms with Crippen LogP contribution in [0, 0.1) is 5.82 Å². The molecule has 0 radical (unpaired) electrons.